The first-order valence-corrected chi connectivity index (χ1v) is 6.88. The van der Waals surface area contributed by atoms with Crippen molar-refractivity contribution in [3.8, 4) is 6.07 Å². The number of hydrogen-bond acceptors (Lipinski definition) is 5. The fourth-order valence-electron chi connectivity index (χ4n) is 1.49. The summed E-state index contributed by atoms with van der Waals surface area (Å²) in [7, 11) is 0. The first-order valence-electron chi connectivity index (χ1n) is 5.73. The Morgan fingerprint density at radius 1 is 1.42 bits per heavy atom. The topological polar surface area (TPSA) is 57.9 Å². The second kappa shape index (κ2) is 6.53. The van der Waals surface area contributed by atoms with Gasteiger partial charge in [0.15, 0.2) is 5.15 Å². The van der Waals surface area contributed by atoms with Crippen LogP contribution in [0.25, 0.3) is 0 Å². The van der Waals surface area contributed by atoms with E-state index in [4.69, 9.17) is 21.6 Å². The zero-order valence-electron chi connectivity index (χ0n) is 10.3. The standard InChI is InChI=1S/C13H12ClN3OS/c1-2-18-8-9-3-5-10(6-4-9)16-13-11(7-15)12(14)17-19-13/h3-6,16H,2,8H2,1H3. The molecular formula is C13H12ClN3OS. The maximum Gasteiger partial charge on any atom is 0.162 e. The van der Waals surface area contributed by atoms with Gasteiger partial charge in [0.05, 0.1) is 6.61 Å². The van der Waals surface area contributed by atoms with Crippen LogP contribution in [0.5, 0.6) is 0 Å². The van der Waals surface area contributed by atoms with Crippen LogP contribution >= 0.6 is 23.1 Å². The minimum atomic E-state index is 0.239. The van der Waals surface area contributed by atoms with Crippen LogP contribution in [-0.4, -0.2) is 11.0 Å². The van der Waals surface area contributed by atoms with E-state index in [0.717, 1.165) is 11.3 Å². The molecule has 1 N–H and O–H groups in total. The smallest absolute Gasteiger partial charge is 0.162 e. The highest BCUT2D eigenvalue weighted by Gasteiger charge is 2.11. The molecule has 0 amide bonds. The second-order valence-electron chi connectivity index (χ2n) is 3.75. The second-order valence-corrected chi connectivity index (χ2v) is 4.88. The van der Waals surface area contributed by atoms with Gasteiger partial charge in [-0.2, -0.15) is 9.64 Å². The third-order valence-electron chi connectivity index (χ3n) is 2.45. The lowest BCUT2D eigenvalue weighted by Crippen LogP contribution is -1.93. The number of nitrogens with zero attached hydrogens (tertiary/aromatic N) is 2. The predicted molar refractivity (Wildman–Crippen MR) is 76.9 cm³/mol. The van der Waals surface area contributed by atoms with E-state index in [0.29, 0.717) is 23.8 Å². The molecule has 4 nitrogen and oxygen atoms in total. The zero-order valence-corrected chi connectivity index (χ0v) is 11.9. The van der Waals surface area contributed by atoms with Gasteiger partial charge in [0, 0.05) is 12.3 Å². The van der Waals surface area contributed by atoms with Crippen LogP contribution in [-0.2, 0) is 11.3 Å². The molecule has 0 aliphatic heterocycles. The van der Waals surface area contributed by atoms with Crippen molar-refractivity contribution in [2.45, 2.75) is 13.5 Å². The lowest BCUT2D eigenvalue weighted by atomic mass is 10.2. The van der Waals surface area contributed by atoms with Gasteiger partial charge < -0.3 is 10.1 Å². The van der Waals surface area contributed by atoms with Gasteiger partial charge in [0.2, 0.25) is 0 Å². The van der Waals surface area contributed by atoms with Gasteiger partial charge in [-0.05, 0) is 36.2 Å². The Kier molecular flexibility index (Phi) is 4.74. The highest BCUT2D eigenvalue weighted by Crippen LogP contribution is 2.30. The molecule has 0 spiro atoms. The normalized spacial score (nSPS) is 10.2. The molecule has 1 aromatic carbocycles. The van der Waals surface area contributed by atoms with Crippen molar-refractivity contribution < 1.29 is 4.74 Å². The molecule has 1 heterocycles. The molecule has 0 radical (unpaired) electrons. The van der Waals surface area contributed by atoms with E-state index < -0.39 is 0 Å². The van der Waals surface area contributed by atoms with Crippen molar-refractivity contribution in [1.29, 1.82) is 5.26 Å². The summed E-state index contributed by atoms with van der Waals surface area (Å²) in [4.78, 5) is 0. The number of hydrogen-bond donors (Lipinski definition) is 1. The molecular weight excluding hydrogens is 282 g/mol. The van der Waals surface area contributed by atoms with Crippen LogP contribution in [0, 0.1) is 11.3 Å². The largest absolute Gasteiger partial charge is 0.377 e. The molecule has 0 atom stereocenters. The van der Waals surface area contributed by atoms with E-state index in [1.165, 1.54) is 11.5 Å². The highest BCUT2D eigenvalue weighted by atomic mass is 35.5. The van der Waals surface area contributed by atoms with E-state index in [2.05, 4.69) is 9.69 Å². The molecule has 0 fully saturated rings. The number of nitrogens with one attached hydrogen (secondary N) is 1. The summed E-state index contributed by atoms with van der Waals surface area (Å²) >= 11 is 6.99. The molecule has 0 unspecified atom stereocenters. The number of benzene rings is 1. The molecule has 0 saturated heterocycles. The number of ether oxygens (including phenoxy) is 1. The molecule has 2 aromatic rings. The molecule has 1 aromatic heterocycles. The summed E-state index contributed by atoms with van der Waals surface area (Å²) in [5, 5.41) is 13.0. The Morgan fingerprint density at radius 2 is 2.16 bits per heavy atom. The Bertz CT molecular complexity index is 589. The van der Waals surface area contributed by atoms with Gasteiger partial charge in [0.25, 0.3) is 0 Å². The van der Waals surface area contributed by atoms with E-state index >= 15 is 0 Å². The van der Waals surface area contributed by atoms with Crippen molar-refractivity contribution in [1.82, 2.24) is 4.37 Å². The maximum absolute atomic E-state index is 8.98. The lowest BCUT2D eigenvalue weighted by molar-refractivity contribution is 0.134. The molecule has 0 saturated carbocycles. The molecule has 0 aliphatic rings. The van der Waals surface area contributed by atoms with E-state index in [1.54, 1.807) is 0 Å². The SMILES string of the molecule is CCOCc1ccc(Nc2snc(Cl)c2C#N)cc1. The predicted octanol–water partition coefficient (Wildman–Crippen LogP) is 3.95. The van der Waals surface area contributed by atoms with Gasteiger partial charge in [-0.25, -0.2) is 0 Å². The summed E-state index contributed by atoms with van der Waals surface area (Å²) in [6.45, 7) is 3.27. The summed E-state index contributed by atoms with van der Waals surface area (Å²) in [6.07, 6.45) is 0. The van der Waals surface area contributed by atoms with Crippen LogP contribution in [0.15, 0.2) is 24.3 Å². The Balaban J connectivity index is 2.09. The number of rotatable bonds is 5. The summed E-state index contributed by atoms with van der Waals surface area (Å²) in [5.41, 5.74) is 2.37. The fourth-order valence-corrected chi connectivity index (χ4v) is 2.44. The number of aromatic nitrogens is 1. The summed E-state index contributed by atoms with van der Waals surface area (Å²) in [5.74, 6) is 0. The molecule has 6 heteroatoms. The van der Waals surface area contributed by atoms with Gasteiger partial charge in [-0.1, -0.05) is 23.7 Å². The first kappa shape index (κ1) is 13.8. The number of nitriles is 1. The van der Waals surface area contributed by atoms with Gasteiger partial charge in [-0.3, -0.25) is 0 Å². The van der Waals surface area contributed by atoms with Crippen molar-refractivity contribution >= 4 is 33.8 Å². The Hall–Kier alpha value is -1.61. The van der Waals surface area contributed by atoms with Crippen molar-refractivity contribution in [2.24, 2.45) is 0 Å². The third kappa shape index (κ3) is 3.44. The van der Waals surface area contributed by atoms with Crippen LogP contribution in [0.1, 0.15) is 18.1 Å². The third-order valence-corrected chi connectivity index (χ3v) is 3.58. The average molecular weight is 294 g/mol. The lowest BCUT2D eigenvalue weighted by Gasteiger charge is -2.06. The van der Waals surface area contributed by atoms with E-state index in [1.807, 2.05) is 37.3 Å². The number of halogens is 1. The monoisotopic (exact) mass is 293 g/mol. The summed E-state index contributed by atoms with van der Waals surface area (Å²) < 4.78 is 9.27. The van der Waals surface area contributed by atoms with Crippen LogP contribution < -0.4 is 5.32 Å². The van der Waals surface area contributed by atoms with E-state index in [9.17, 15) is 0 Å². The highest BCUT2D eigenvalue weighted by molar-refractivity contribution is 7.10. The van der Waals surface area contributed by atoms with Crippen LogP contribution in [0.4, 0.5) is 10.7 Å². The van der Waals surface area contributed by atoms with Crippen LogP contribution in [0.3, 0.4) is 0 Å². The fraction of sp³-hybridized carbons (Fsp3) is 0.231. The number of anilines is 2. The Labute approximate surface area is 120 Å². The van der Waals surface area contributed by atoms with Crippen LogP contribution in [0.2, 0.25) is 5.15 Å². The quantitative estimate of drug-likeness (QED) is 0.907. The maximum atomic E-state index is 8.98. The van der Waals surface area contributed by atoms with Crippen molar-refractivity contribution in [2.75, 3.05) is 11.9 Å². The minimum Gasteiger partial charge on any atom is -0.377 e. The van der Waals surface area contributed by atoms with Gasteiger partial charge in [-0.15, -0.1) is 0 Å². The van der Waals surface area contributed by atoms with Gasteiger partial charge in [0.1, 0.15) is 16.6 Å². The average Bonchev–Trinajstić information content (AvgIpc) is 2.78. The molecule has 2 rings (SSSR count). The first-order chi connectivity index (χ1) is 9.24. The minimum absolute atomic E-state index is 0.239. The van der Waals surface area contributed by atoms with Gasteiger partial charge >= 0.3 is 0 Å². The molecule has 98 valence electrons. The zero-order chi connectivity index (χ0) is 13.7. The molecule has 19 heavy (non-hydrogen) atoms. The van der Waals surface area contributed by atoms with Crippen molar-refractivity contribution in [3.05, 3.63) is 40.5 Å². The van der Waals surface area contributed by atoms with E-state index in [-0.39, 0.29) is 5.15 Å². The summed E-state index contributed by atoms with van der Waals surface area (Å²) in [6, 6.07) is 9.86. The molecule has 0 aliphatic carbocycles. The Morgan fingerprint density at radius 3 is 2.79 bits per heavy atom. The molecule has 0 bridgehead atoms. The van der Waals surface area contributed by atoms with Crippen molar-refractivity contribution in [3.63, 3.8) is 0 Å².